The van der Waals surface area contributed by atoms with Crippen LogP contribution in [0.15, 0.2) is 24.3 Å². The van der Waals surface area contributed by atoms with Crippen LogP contribution < -0.4 is 4.74 Å². The fourth-order valence-electron chi connectivity index (χ4n) is 0.965. The summed E-state index contributed by atoms with van der Waals surface area (Å²) in [6.45, 7) is 0. The molecule has 1 aromatic rings. The van der Waals surface area contributed by atoms with Gasteiger partial charge in [-0.3, -0.25) is 0 Å². The van der Waals surface area contributed by atoms with Crippen LogP contribution in [-0.4, -0.2) is 23.3 Å². The van der Waals surface area contributed by atoms with E-state index in [1.807, 2.05) is 0 Å². The molecule has 0 aliphatic heterocycles. The molecule has 74 valence electrons. The average Bonchev–Trinajstić information content (AvgIpc) is 2.16. The number of benzene rings is 1. The number of phenolic OH excluding ortho intramolecular Hbond substituents is 1. The maximum Gasteiger partial charge on any atom is 0.328 e. The number of carboxylic acids is 1. The lowest BCUT2D eigenvalue weighted by atomic mass is 10.2. The van der Waals surface area contributed by atoms with Crippen molar-refractivity contribution < 1.29 is 19.7 Å². The van der Waals surface area contributed by atoms with E-state index in [-0.39, 0.29) is 5.75 Å². The van der Waals surface area contributed by atoms with Gasteiger partial charge in [0.25, 0.3) is 0 Å². The molecule has 4 heteroatoms. The number of carbonyl (C=O) groups is 1. The Bertz CT molecular complexity index is 368. The van der Waals surface area contributed by atoms with Crippen molar-refractivity contribution in [3.05, 3.63) is 29.8 Å². The second-order valence-electron chi connectivity index (χ2n) is 2.60. The summed E-state index contributed by atoms with van der Waals surface area (Å²) in [7, 11) is 1.43. The molecule has 0 saturated carbocycles. The van der Waals surface area contributed by atoms with E-state index in [1.165, 1.54) is 19.3 Å². The van der Waals surface area contributed by atoms with E-state index in [0.29, 0.717) is 11.3 Å². The molecule has 0 unspecified atom stereocenters. The minimum atomic E-state index is -1.02. The average molecular weight is 196 g/mol. The number of hydrogen-bond acceptors (Lipinski definition) is 3. The molecule has 0 aromatic heterocycles. The smallest absolute Gasteiger partial charge is 0.328 e. The predicted molar refractivity (Wildman–Crippen MR) is 51.3 cm³/mol. The standard InChI is InChI=1S/C10H10O4/c1-14-9-6-7(2-4-8(9)11)3-5-10(12)13/h2-6,11H,1H3,(H,12,13)/b5-3+/i10+2. The topological polar surface area (TPSA) is 66.8 Å². The first-order valence-corrected chi connectivity index (χ1v) is 3.91. The third kappa shape index (κ3) is 2.52. The number of phenols is 1. The molecule has 1 rings (SSSR count). The van der Waals surface area contributed by atoms with Crippen molar-refractivity contribution in [2.24, 2.45) is 0 Å². The number of carboxylic acid groups (broad SMARTS) is 1. The summed E-state index contributed by atoms with van der Waals surface area (Å²) in [5.41, 5.74) is 0.655. The minimum Gasteiger partial charge on any atom is -0.504 e. The highest BCUT2D eigenvalue weighted by Gasteiger charge is 2.00. The molecule has 0 bridgehead atoms. The Balaban J connectivity index is 2.95. The number of hydrogen-bond donors (Lipinski definition) is 2. The van der Waals surface area contributed by atoms with Gasteiger partial charge in [-0.25, -0.2) is 4.79 Å². The zero-order chi connectivity index (χ0) is 10.6. The quantitative estimate of drug-likeness (QED) is 0.719. The van der Waals surface area contributed by atoms with E-state index < -0.39 is 5.97 Å². The van der Waals surface area contributed by atoms with E-state index in [1.54, 1.807) is 12.1 Å². The maximum absolute atomic E-state index is 10.2. The van der Waals surface area contributed by atoms with Gasteiger partial charge in [0, 0.05) is 6.08 Å². The van der Waals surface area contributed by atoms with Crippen LogP contribution in [0.1, 0.15) is 5.56 Å². The van der Waals surface area contributed by atoms with Crippen molar-refractivity contribution in [3.8, 4) is 11.5 Å². The molecule has 1 aromatic carbocycles. The fourth-order valence-corrected chi connectivity index (χ4v) is 0.965. The number of ether oxygens (including phenoxy) is 1. The molecule has 0 saturated heterocycles. The van der Waals surface area contributed by atoms with Gasteiger partial charge in [0.05, 0.1) is 7.11 Å². The summed E-state index contributed by atoms with van der Waals surface area (Å²) in [5, 5.41) is 17.6. The zero-order valence-electron chi connectivity index (χ0n) is 7.60. The second-order valence-corrected chi connectivity index (χ2v) is 2.60. The van der Waals surface area contributed by atoms with Crippen LogP contribution in [0.2, 0.25) is 0 Å². The summed E-state index contributed by atoms with van der Waals surface area (Å²) >= 11 is 0. The van der Waals surface area contributed by atoms with Crippen molar-refractivity contribution in [2.75, 3.05) is 7.11 Å². The number of aliphatic carboxylic acids is 1. The van der Waals surface area contributed by atoms with Crippen LogP contribution in [-0.2, 0) is 4.79 Å². The summed E-state index contributed by atoms with van der Waals surface area (Å²) in [4.78, 5) is 10.2. The Morgan fingerprint density at radius 3 is 2.79 bits per heavy atom. The van der Waals surface area contributed by atoms with Crippen LogP contribution in [0.25, 0.3) is 6.08 Å². The van der Waals surface area contributed by atoms with Crippen LogP contribution in [0.3, 0.4) is 0 Å². The van der Waals surface area contributed by atoms with Gasteiger partial charge in [-0.05, 0) is 23.8 Å². The van der Waals surface area contributed by atoms with Gasteiger partial charge in [-0.15, -0.1) is 0 Å². The predicted octanol–water partition coefficient (Wildman–Crippen LogP) is 1.50. The van der Waals surface area contributed by atoms with Gasteiger partial charge < -0.3 is 14.9 Å². The second kappa shape index (κ2) is 4.32. The molecule has 2 N–H and O–H groups in total. The first-order chi connectivity index (χ1) is 6.63. The fraction of sp³-hybridized carbons (Fsp3) is 0.100. The highest BCUT2D eigenvalue weighted by molar-refractivity contribution is 5.85. The number of methoxy groups -OCH3 is 1. The lowest BCUT2D eigenvalue weighted by molar-refractivity contribution is -0.131. The van der Waals surface area contributed by atoms with Crippen molar-refractivity contribution in [2.45, 2.75) is 0 Å². The van der Waals surface area contributed by atoms with Gasteiger partial charge >= 0.3 is 5.97 Å². The number of aromatic hydroxyl groups is 1. The molecule has 14 heavy (non-hydrogen) atoms. The minimum absolute atomic E-state index is 0.0278. The third-order valence-electron chi connectivity index (χ3n) is 1.62. The van der Waals surface area contributed by atoms with Crippen molar-refractivity contribution in [1.82, 2.24) is 0 Å². The number of rotatable bonds is 3. The van der Waals surface area contributed by atoms with E-state index in [2.05, 4.69) is 0 Å². The van der Waals surface area contributed by atoms with Gasteiger partial charge in [0.15, 0.2) is 11.5 Å². The Hall–Kier alpha value is -1.97. The summed E-state index contributed by atoms with van der Waals surface area (Å²) in [6, 6.07) is 4.59. The van der Waals surface area contributed by atoms with Crippen LogP contribution in [0.4, 0.5) is 0 Å². The Morgan fingerprint density at radius 1 is 1.50 bits per heavy atom. The van der Waals surface area contributed by atoms with E-state index in [9.17, 15) is 9.90 Å². The summed E-state index contributed by atoms with van der Waals surface area (Å²) in [5.74, 6) is -0.672. The lowest BCUT2D eigenvalue weighted by Crippen LogP contribution is -1.87. The summed E-state index contributed by atoms with van der Waals surface area (Å²) in [6.07, 6.45) is 2.44. The van der Waals surface area contributed by atoms with E-state index in [0.717, 1.165) is 6.08 Å². The molecule has 0 radical (unpaired) electrons. The molecule has 4 nitrogen and oxygen atoms in total. The van der Waals surface area contributed by atoms with Gasteiger partial charge in [-0.1, -0.05) is 6.07 Å². The van der Waals surface area contributed by atoms with Gasteiger partial charge in [0.2, 0.25) is 0 Å². The van der Waals surface area contributed by atoms with E-state index in [4.69, 9.17) is 9.84 Å². The lowest BCUT2D eigenvalue weighted by Gasteiger charge is -2.03. The van der Waals surface area contributed by atoms with Crippen LogP contribution in [0.5, 0.6) is 11.5 Å². The Morgan fingerprint density at radius 2 is 2.21 bits per heavy atom. The summed E-state index contributed by atoms with van der Waals surface area (Å²) < 4.78 is 4.86. The molecule has 0 heterocycles. The van der Waals surface area contributed by atoms with Crippen LogP contribution >= 0.6 is 0 Å². The van der Waals surface area contributed by atoms with Gasteiger partial charge in [-0.2, -0.15) is 0 Å². The van der Waals surface area contributed by atoms with E-state index >= 15 is 0 Å². The van der Waals surface area contributed by atoms with Crippen molar-refractivity contribution in [3.63, 3.8) is 0 Å². The molecule has 0 fully saturated rings. The van der Waals surface area contributed by atoms with Crippen LogP contribution in [0, 0.1) is 0 Å². The molecular weight excluding hydrogens is 186 g/mol. The first kappa shape index (κ1) is 10.1. The largest absolute Gasteiger partial charge is 0.504 e. The molecule has 0 amide bonds. The zero-order valence-corrected chi connectivity index (χ0v) is 7.60. The Kier molecular flexibility index (Phi) is 3.12. The molecule has 0 spiro atoms. The SMILES string of the molecule is COc1cc(/C=C/[14C](=O)O)ccc1O. The third-order valence-corrected chi connectivity index (χ3v) is 1.62. The van der Waals surface area contributed by atoms with Gasteiger partial charge in [0.1, 0.15) is 0 Å². The molecular formula is C10H10O4. The Labute approximate surface area is 81.1 Å². The maximum atomic E-state index is 10.2. The van der Waals surface area contributed by atoms with Crippen molar-refractivity contribution >= 4 is 12.0 Å². The highest BCUT2D eigenvalue weighted by Crippen LogP contribution is 2.26. The van der Waals surface area contributed by atoms with Crippen molar-refractivity contribution in [1.29, 1.82) is 0 Å². The normalized spacial score (nSPS) is 10.4. The highest BCUT2D eigenvalue weighted by atomic mass is 16.6. The first-order valence-electron chi connectivity index (χ1n) is 3.91. The monoisotopic (exact) mass is 196 g/mol. The molecule has 0 aliphatic carbocycles. The molecule has 0 aliphatic rings. The molecule has 0 atom stereocenters.